The summed E-state index contributed by atoms with van der Waals surface area (Å²) in [5.41, 5.74) is -2.23. The summed E-state index contributed by atoms with van der Waals surface area (Å²) >= 11 is 0. The number of phosphoric acid groups is 1. The fourth-order valence-corrected chi connectivity index (χ4v) is 4.56. The molecule has 3 aliphatic heterocycles. The molecule has 3 saturated heterocycles. The first-order valence-electron chi connectivity index (χ1n) is 8.96. The third-order valence-electron chi connectivity index (χ3n) is 5.08. The van der Waals surface area contributed by atoms with Gasteiger partial charge in [0.1, 0.15) is 18.2 Å². The van der Waals surface area contributed by atoms with Crippen LogP contribution in [0.15, 0.2) is 15.8 Å². The lowest BCUT2D eigenvalue weighted by atomic mass is 10.1. The lowest BCUT2D eigenvalue weighted by Gasteiger charge is -2.30. The van der Waals surface area contributed by atoms with Gasteiger partial charge in [-0.2, -0.15) is 4.39 Å². The van der Waals surface area contributed by atoms with Gasteiger partial charge in [0.2, 0.25) is 5.82 Å². The normalized spacial score (nSPS) is 34.1. The van der Waals surface area contributed by atoms with Gasteiger partial charge in [-0.1, -0.05) is 0 Å². The number of hydrogen-bond acceptors (Lipinski definition) is 9. The van der Waals surface area contributed by atoms with Crippen LogP contribution in [0.2, 0.25) is 0 Å². The van der Waals surface area contributed by atoms with Gasteiger partial charge in [-0.25, -0.2) is 13.9 Å². The topological polar surface area (TPSA) is 147 Å². The van der Waals surface area contributed by atoms with Crippen LogP contribution in [0.3, 0.4) is 0 Å². The number of halogens is 1. The number of nitrogens with zero attached hydrogens (tertiary/aromatic N) is 2. The molecule has 29 heavy (non-hydrogen) atoms. The minimum Gasteiger partial charge on any atom is -0.442 e. The molecule has 0 aliphatic carbocycles. The van der Waals surface area contributed by atoms with Crippen molar-refractivity contribution in [3.05, 3.63) is 32.9 Å². The van der Waals surface area contributed by atoms with Crippen LogP contribution in [0.4, 0.5) is 4.39 Å². The van der Waals surface area contributed by atoms with E-state index in [9.17, 15) is 28.2 Å². The van der Waals surface area contributed by atoms with E-state index in [2.05, 4.69) is 9.84 Å². The van der Waals surface area contributed by atoms with Crippen LogP contribution in [0, 0.1) is 5.82 Å². The minimum atomic E-state index is -4.33. The maximum atomic E-state index is 14.2. The molecule has 3 aliphatic rings. The number of rotatable bonds is 4. The lowest BCUT2D eigenvalue weighted by Crippen LogP contribution is -2.47. The first-order chi connectivity index (χ1) is 13.8. The van der Waals surface area contributed by atoms with Crippen molar-refractivity contribution in [1.29, 1.82) is 0 Å². The minimum absolute atomic E-state index is 0.137. The van der Waals surface area contributed by atoms with Crippen LogP contribution in [0.25, 0.3) is 0 Å². The summed E-state index contributed by atoms with van der Waals surface area (Å²) in [6.07, 6.45) is 0.224. The number of nitrogens with one attached hydrogen (secondary N) is 1. The van der Waals surface area contributed by atoms with E-state index in [-0.39, 0.29) is 13.2 Å². The molecule has 3 fully saturated rings. The molecular formula is C15H19FN3O9P. The maximum absolute atomic E-state index is 14.2. The van der Waals surface area contributed by atoms with E-state index < -0.39 is 61.9 Å². The fraction of sp³-hybridized carbons (Fsp3) is 0.667. The Bertz CT molecular complexity index is 973. The molecule has 1 aromatic heterocycles. The zero-order chi connectivity index (χ0) is 20.8. The Hall–Kier alpha value is -1.89. The number of esters is 1. The molecule has 1 aromatic rings. The van der Waals surface area contributed by atoms with Gasteiger partial charge in [0, 0.05) is 0 Å². The van der Waals surface area contributed by atoms with Crippen molar-refractivity contribution in [3.63, 3.8) is 0 Å². The molecule has 0 spiro atoms. The first-order valence-corrected chi connectivity index (χ1v) is 10.5. The standard InChI is InChI=1S/C15H19FN3O9P/c16-8-4-18(10-5-25-11-6-27-29(23,24)28-12(10)11)15(22)19(13(8)20)7-26-14(21)9-2-1-3-17-9/h4,9-12,17H,1-3,5-7H2,(H,23,24)/t9?,10?,11-,12+/m1/s1. The summed E-state index contributed by atoms with van der Waals surface area (Å²) in [6.45, 7) is -0.494. The molecular weight excluding hydrogens is 416 g/mol. The molecule has 4 heterocycles. The summed E-state index contributed by atoms with van der Waals surface area (Å²) in [5.74, 6) is -1.91. The first kappa shape index (κ1) is 20.4. The van der Waals surface area contributed by atoms with E-state index in [1.165, 1.54) is 0 Å². The van der Waals surface area contributed by atoms with Gasteiger partial charge in [-0.05, 0) is 19.4 Å². The van der Waals surface area contributed by atoms with E-state index in [0.29, 0.717) is 23.7 Å². The average molecular weight is 435 g/mol. The van der Waals surface area contributed by atoms with Crippen molar-refractivity contribution in [2.24, 2.45) is 0 Å². The SMILES string of the molecule is O=C(OCn1c(=O)c(F)cn(C2CO[C@@H]3COP(=O)(O)O[C@@H]23)c1=O)C1CCCN1. The summed E-state index contributed by atoms with van der Waals surface area (Å²) in [5, 5.41) is 2.91. The van der Waals surface area contributed by atoms with Crippen molar-refractivity contribution in [3.8, 4) is 0 Å². The maximum Gasteiger partial charge on any atom is 0.472 e. The molecule has 0 saturated carbocycles. The molecule has 14 heteroatoms. The third-order valence-corrected chi connectivity index (χ3v) is 6.06. The molecule has 2 N–H and O–H groups in total. The van der Waals surface area contributed by atoms with Crippen molar-refractivity contribution in [2.45, 2.75) is 43.9 Å². The van der Waals surface area contributed by atoms with Gasteiger partial charge in [-0.3, -0.25) is 23.2 Å². The van der Waals surface area contributed by atoms with E-state index >= 15 is 0 Å². The predicted octanol–water partition coefficient (Wildman–Crippen LogP) is -1.14. The third kappa shape index (κ3) is 3.93. The number of carbonyl (C=O) groups is 1. The molecule has 12 nitrogen and oxygen atoms in total. The average Bonchev–Trinajstić information content (AvgIpc) is 3.33. The zero-order valence-electron chi connectivity index (χ0n) is 15.1. The van der Waals surface area contributed by atoms with Gasteiger partial charge >= 0.3 is 19.5 Å². The highest BCUT2D eigenvalue weighted by atomic mass is 31.2. The van der Waals surface area contributed by atoms with Gasteiger partial charge in [0.05, 0.1) is 25.5 Å². The van der Waals surface area contributed by atoms with Crippen molar-refractivity contribution >= 4 is 13.8 Å². The second-order valence-electron chi connectivity index (χ2n) is 6.91. The Balaban J connectivity index is 1.60. The predicted molar refractivity (Wildman–Crippen MR) is 91.5 cm³/mol. The Labute approximate surface area is 162 Å². The van der Waals surface area contributed by atoms with Gasteiger partial charge in [0.25, 0.3) is 5.56 Å². The van der Waals surface area contributed by atoms with Crippen LogP contribution in [-0.4, -0.2) is 58.0 Å². The Kier molecular flexibility index (Phi) is 5.44. The summed E-state index contributed by atoms with van der Waals surface area (Å²) in [4.78, 5) is 46.4. The highest BCUT2D eigenvalue weighted by molar-refractivity contribution is 7.47. The van der Waals surface area contributed by atoms with Crippen LogP contribution in [0.5, 0.6) is 0 Å². The summed E-state index contributed by atoms with van der Waals surface area (Å²) < 4.78 is 47.3. The van der Waals surface area contributed by atoms with Gasteiger partial charge in [0.15, 0.2) is 6.73 Å². The smallest absolute Gasteiger partial charge is 0.442 e. The van der Waals surface area contributed by atoms with Crippen molar-refractivity contribution in [2.75, 3.05) is 19.8 Å². The second kappa shape index (κ2) is 7.74. The van der Waals surface area contributed by atoms with Crippen molar-refractivity contribution < 1.29 is 37.2 Å². The van der Waals surface area contributed by atoms with Crippen LogP contribution in [-0.2, 0) is 34.6 Å². The Morgan fingerprint density at radius 2 is 2.21 bits per heavy atom. The molecule has 3 unspecified atom stereocenters. The van der Waals surface area contributed by atoms with Gasteiger partial charge in [-0.15, -0.1) is 0 Å². The number of aromatic nitrogens is 2. The van der Waals surface area contributed by atoms with E-state index in [4.69, 9.17) is 14.0 Å². The number of fused-ring (bicyclic) bond motifs is 1. The largest absolute Gasteiger partial charge is 0.472 e. The lowest BCUT2D eigenvalue weighted by molar-refractivity contribution is -0.149. The number of carbonyl (C=O) groups excluding carboxylic acids is 1. The molecule has 0 bridgehead atoms. The van der Waals surface area contributed by atoms with E-state index in [0.717, 1.165) is 11.0 Å². The molecule has 0 radical (unpaired) electrons. The van der Waals surface area contributed by atoms with Crippen LogP contribution >= 0.6 is 7.82 Å². The Morgan fingerprint density at radius 3 is 2.93 bits per heavy atom. The fourth-order valence-electron chi connectivity index (χ4n) is 3.58. The molecule has 160 valence electrons. The van der Waals surface area contributed by atoms with Crippen LogP contribution < -0.4 is 16.6 Å². The van der Waals surface area contributed by atoms with Crippen molar-refractivity contribution in [1.82, 2.24) is 14.5 Å². The number of phosphoric ester groups is 1. The highest BCUT2D eigenvalue weighted by Gasteiger charge is 2.49. The van der Waals surface area contributed by atoms with E-state index in [1.54, 1.807) is 0 Å². The monoisotopic (exact) mass is 435 g/mol. The number of ether oxygens (including phenoxy) is 2. The summed E-state index contributed by atoms with van der Waals surface area (Å²) in [7, 11) is -4.33. The quantitative estimate of drug-likeness (QED) is 0.439. The molecule has 4 rings (SSSR count). The molecule has 0 amide bonds. The van der Waals surface area contributed by atoms with E-state index in [1.807, 2.05) is 0 Å². The Morgan fingerprint density at radius 1 is 1.41 bits per heavy atom. The second-order valence-corrected chi connectivity index (χ2v) is 8.32. The molecule has 5 atom stereocenters. The summed E-state index contributed by atoms with van der Waals surface area (Å²) in [6, 6.07) is -1.52. The zero-order valence-corrected chi connectivity index (χ0v) is 16.0. The van der Waals surface area contributed by atoms with Gasteiger partial charge < -0.3 is 19.7 Å². The molecule has 0 aromatic carbocycles. The van der Waals surface area contributed by atoms with Crippen LogP contribution in [0.1, 0.15) is 18.9 Å². The number of hydrogen-bond donors (Lipinski definition) is 2. The highest BCUT2D eigenvalue weighted by Crippen LogP contribution is 2.52.